The normalized spacial score (nSPS) is 14.5. The van der Waals surface area contributed by atoms with Crippen LogP contribution < -0.4 is 4.74 Å². The van der Waals surface area contributed by atoms with Gasteiger partial charge < -0.3 is 18.8 Å². The van der Waals surface area contributed by atoms with Gasteiger partial charge in [0, 0.05) is 34.7 Å². The summed E-state index contributed by atoms with van der Waals surface area (Å²) in [6.45, 7) is 1.03. The molecule has 1 aliphatic rings. The van der Waals surface area contributed by atoms with Crippen LogP contribution in [0.4, 0.5) is 13.2 Å². The highest BCUT2D eigenvalue weighted by atomic mass is 79.9. The average molecular weight is 652 g/mol. The van der Waals surface area contributed by atoms with Gasteiger partial charge in [-0.2, -0.15) is 0 Å². The number of pyridine rings is 1. The second-order valence-electron chi connectivity index (χ2n) is 10.1. The molecule has 0 amide bonds. The number of carbonyl (C=O) groups is 1. The van der Waals surface area contributed by atoms with Crippen molar-refractivity contribution in [1.82, 2.24) is 14.5 Å². The molecule has 1 aliphatic heterocycles. The third-order valence-electron chi connectivity index (χ3n) is 7.30. The predicted octanol–water partition coefficient (Wildman–Crippen LogP) is 7.02. The smallest absolute Gasteiger partial charge is 0.337 e. The fourth-order valence-electron chi connectivity index (χ4n) is 4.91. The summed E-state index contributed by atoms with van der Waals surface area (Å²) in [4.78, 5) is 21.1. The van der Waals surface area contributed by atoms with E-state index in [-0.39, 0.29) is 41.8 Å². The molecule has 1 atom stereocenters. The maximum atomic E-state index is 15.5. The summed E-state index contributed by atoms with van der Waals surface area (Å²) >= 11 is 3.22. The van der Waals surface area contributed by atoms with E-state index in [0.717, 1.165) is 18.6 Å². The highest BCUT2D eigenvalue weighted by molar-refractivity contribution is 9.10. The first kappa shape index (κ1) is 28.9. The number of methoxy groups -OCH3 is 1. The SMILES string of the molecule is COC(=O)c1ccc2nc(Cc3cc(F)c(-c4cccc(OCc5ccc(Br)cc5F)n4)cc3F)n(CC3CCO3)c2c1. The third kappa shape index (κ3) is 6.14. The molecule has 0 radical (unpaired) electrons. The molecule has 0 aliphatic carbocycles. The number of hydrogen-bond acceptors (Lipinski definition) is 6. The molecule has 0 spiro atoms. The number of fused-ring (bicyclic) bond motifs is 1. The van der Waals surface area contributed by atoms with Crippen LogP contribution in [0.5, 0.6) is 5.88 Å². The van der Waals surface area contributed by atoms with Crippen molar-refractivity contribution in [2.45, 2.75) is 32.1 Å². The van der Waals surface area contributed by atoms with Crippen LogP contribution in [0.15, 0.2) is 71.2 Å². The van der Waals surface area contributed by atoms with Crippen molar-refractivity contribution < 1.29 is 32.2 Å². The largest absolute Gasteiger partial charge is 0.473 e. The summed E-state index contributed by atoms with van der Waals surface area (Å²) in [7, 11) is 1.31. The van der Waals surface area contributed by atoms with Crippen molar-refractivity contribution in [3.8, 4) is 17.1 Å². The Morgan fingerprint density at radius 2 is 1.81 bits per heavy atom. The predicted molar refractivity (Wildman–Crippen MR) is 156 cm³/mol. The Labute approximate surface area is 253 Å². The zero-order chi connectivity index (χ0) is 30.1. The molecular weight excluding hydrogens is 627 g/mol. The molecule has 7 nitrogen and oxygen atoms in total. The number of halogens is 4. The number of carbonyl (C=O) groups excluding carboxylic acids is 1. The summed E-state index contributed by atoms with van der Waals surface area (Å²) in [5.41, 5.74) is 2.21. The molecule has 11 heteroatoms. The summed E-state index contributed by atoms with van der Waals surface area (Å²) in [5.74, 6) is -1.57. The van der Waals surface area contributed by atoms with Crippen LogP contribution in [0.2, 0.25) is 0 Å². The molecule has 3 heterocycles. The lowest BCUT2D eigenvalue weighted by atomic mass is 10.0. The van der Waals surface area contributed by atoms with E-state index in [1.807, 2.05) is 4.57 Å². The standard InChI is InChI=1S/C32H25BrF3N3O4/c1-41-32(40)18-6-8-28-29(12-18)39(16-22-9-10-42-22)30(37-28)13-20-11-26(36)23(15-25(20)35)27-3-2-4-31(38-27)43-17-19-5-7-21(33)14-24(19)34/h2-8,11-12,14-15,22H,9-10,13,16-17H2,1H3. The molecule has 0 bridgehead atoms. The average Bonchev–Trinajstić information content (AvgIpc) is 3.31. The minimum absolute atomic E-state index is 0.00727. The molecule has 43 heavy (non-hydrogen) atoms. The minimum atomic E-state index is -0.669. The molecule has 1 saturated heterocycles. The van der Waals surface area contributed by atoms with Crippen molar-refractivity contribution in [2.24, 2.45) is 0 Å². The molecule has 220 valence electrons. The van der Waals surface area contributed by atoms with Crippen LogP contribution in [0.1, 0.15) is 33.7 Å². The summed E-state index contributed by atoms with van der Waals surface area (Å²) in [6, 6.07) is 16.6. The number of esters is 1. The monoisotopic (exact) mass is 651 g/mol. The van der Waals surface area contributed by atoms with Crippen LogP contribution in [-0.2, 0) is 29.0 Å². The van der Waals surface area contributed by atoms with Crippen LogP contribution >= 0.6 is 15.9 Å². The maximum absolute atomic E-state index is 15.5. The first-order chi connectivity index (χ1) is 20.8. The number of imidazole rings is 1. The van der Waals surface area contributed by atoms with Gasteiger partial charge in [0.1, 0.15) is 29.9 Å². The molecule has 0 saturated carbocycles. The zero-order valence-electron chi connectivity index (χ0n) is 23.0. The van der Waals surface area contributed by atoms with E-state index in [0.29, 0.717) is 45.6 Å². The van der Waals surface area contributed by atoms with E-state index in [4.69, 9.17) is 14.2 Å². The maximum Gasteiger partial charge on any atom is 0.337 e. The number of hydrogen-bond donors (Lipinski definition) is 0. The van der Waals surface area contributed by atoms with Crippen LogP contribution in [0, 0.1) is 17.5 Å². The lowest BCUT2D eigenvalue weighted by Crippen LogP contribution is -2.31. The van der Waals surface area contributed by atoms with Gasteiger partial charge >= 0.3 is 5.97 Å². The van der Waals surface area contributed by atoms with Crippen LogP contribution in [-0.4, -0.2) is 40.3 Å². The number of nitrogens with zero attached hydrogens (tertiary/aromatic N) is 3. The Balaban J connectivity index is 1.27. The lowest BCUT2D eigenvalue weighted by molar-refractivity contribution is -0.0589. The van der Waals surface area contributed by atoms with E-state index in [2.05, 4.69) is 25.9 Å². The summed E-state index contributed by atoms with van der Waals surface area (Å²) < 4.78 is 63.7. The van der Waals surface area contributed by atoms with Crippen molar-refractivity contribution in [3.05, 3.63) is 111 Å². The molecule has 1 unspecified atom stereocenters. The molecule has 2 aromatic heterocycles. The second kappa shape index (κ2) is 12.2. The first-order valence-corrected chi connectivity index (χ1v) is 14.3. The Hall–Kier alpha value is -4.22. The molecule has 5 aromatic rings. The lowest BCUT2D eigenvalue weighted by Gasteiger charge is -2.27. The van der Waals surface area contributed by atoms with Gasteiger partial charge in [0.25, 0.3) is 0 Å². The van der Waals surface area contributed by atoms with E-state index >= 15 is 8.78 Å². The summed E-state index contributed by atoms with van der Waals surface area (Å²) in [6.07, 6.45) is 0.831. The van der Waals surface area contributed by atoms with E-state index in [1.165, 1.54) is 13.2 Å². The highest BCUT2D eigenvalue weighted by Crippen LogP contribution is 2.29. The van der Waals surface area contributed by atoms with Gasteiger partial charge in [-0.25, -0.2) is 27.9 Å². The van der Waals surface area contributed by atoms with Crippen molar-refractivity contribution >= 4 is 32.9 Å². The van der Waals surface area contributed by atoms with Gasteiger partial charge in [-0.1, -0.05) is 28.1 Å². The first-order valence-electron chi connectivity index (χ1n) is 13.5. The van der Waals surface area contributed by atoms with Crippen molar-refractivity contribution in [1.29, 1.82) is 0 Å². The molecular formula is C32H25BrF3N3O4. The molecule has 6 rings (SSSR count). The van der Waals surface area contributed by atoms with E-state index < -0.39 is 23.4 Å². The van der Waals surface area contributed by atoms with Gasteiger partial charge in [-0.15, -0.1) is 0 Å². The quantitative estimate of drug-likeness (QED) is 0.159. The molecule has 3 aromatic carbocycles. The summed E-state index contributed by atoms with van der Waals surface area (Å²) in [5, 5.41) is 0. The molecule has 1 fully saturated rings. The zero-order valence-corrected chi connectivity index (χ0v) is 24.5. The van der Waals surface area contributed by atoms with Crippen molar-refractivity contribution in [3.63, 3.8) is 0 Å². The third-order valence-corrected chi connectivity index (χ3v) is 7.80. The van der Waals surface area contributed by atoms with E-state index in [9.17, 15) is 9.18 Å². The van der Waals surface area contributed by atoms with Gasteiger partial charge in [0.15, 0.2) is 0 Å². The van der Waals surface area contributed by atoms with Gasteiger partial charge in [0.2, 0.25) is 5.88 Å². The van der Waals surface area contributed by atoms with Gasteiger partial charge in [-0.05, 0) is 60.5 Å². The highest BCUT2D eigenvalue weighted by Gasteiger charge is 2.24. The van der Waals surface area contributed by atoms with Gasteiger partial charge in [-0.3, -0.25) is 0 Å². The minimum Gasteiger partial charge on any atom is -0.473 e. The Bertz CT molecular complexity index is 1840. The van der Waals surface area contributed by atoms with E-state index in [1.54, 1.807) is 48.5 Å². The Kier molecular flexibility index (Phi) is 8.18. The second-order valence-corrected chi connectivity index (χ2v) is 11.0. The number of aromatic nitrogens is 3. The number of rotatable bonds is 9. The van der Waals surface area contributed by atoms with Crippen LogP contribution in [0.25, 0.3) is 22.3 Å². The Morgan fingerprint density at radius 1 is 1.00 bits per heavy atom. The fourth-order valence-corrected chi connectivity index (χ4v) is 5.25. The van der Waals surface area contributed by atoms with Gasteiger partial charge in [0.05, 0.1) is 42.0 Å². The van der Waals surface area contributed by atoms with Crippen LogP contribution in [0.3, 0.4) is 0 Å². The molecule has 0 N–H and O–H groups in total. The van der Waals surface area contributed by atoms with Crippen molar-refractivity contribution in [2.75, 3.05) is 13.7 Å². The topological polar surface area (TPSA) is 75.5 Å². The fraction of sp³-hybridized carbons (Fsp3) is 0.219. The Morgan fingerprint density at radius 3 is 2.56 bits per heavy atom. The number of benzene rings is 3. The number of ether oxygens (including phenoxy) is 3.